The normalized spacial score (nSPS) is 12.9. The molecule has 6 heteroatoms. The van der Waals surface area contributed by atoms with Crippen LogP contribution in [0.3, 0.4) is 0 Å². The zero-order valence-corrected chi connectivity index (χ0v) is 35.4. The largest absolute Gasteiger partial charge is 0.462 e. The molecule has 312 valence electrons. The van der Waals surface area contributed by atoms with Crippen molar-refractivity contribution in [3.63, 3.8) is 0 Å². The second-order valence-corrected chi connectivity index (χ2v) is 14.2. The van der Waals surface area contributed by atoms with Gasteiger partial charge in [0.1, 0.15) is 13.2 Å². The number of hydrogen-bond acceptors (Lipinski definition) is 6. The van der Waals surface area contributed by atoms with Crippen LogP contribution in [0.25, 0.3) is 0 Å². The fourth-order valence-electron chi connectivity index (χ4n) is 5.54. The van der Waals surface area contributed by atoms with Gasteiger partial charge in [-0.1, -0.05) is 157 Å². The van der Waals surface area contributed by atoms with Crippen LogP contribution in [0.2, 0.25) is 0 Å². The highest BCUT2D eigenvalue weighted by Gasteiger charge is 2.19. The van der Waals surface area contributed by atoms with Gasteiger partial charge in [-0.15, -0.1) is 0 Å². The lowest BCUT2D eigenvalue weighted by molar-refractivity contribution is -0.167. The number of esters is 3. The van der Waals surface area contributed by atoms with Gasteiger partial charge < -0.3 is 14.2 Å². The van der Waals surface area contributed by atoms with E-state index in [1.165, 1.54) is 25.7 Å². The molecule has 0 saturated heterocycles. The van der Waals surface area contributed by atoms with Crippen LogP contribution in [0.4, 0.5) is 0 Å². The maximum atomic E-state index is 12.7. The van der Waals surface area contributed by atoms with Crippen molar-refractivity contribution >= 4 is 17.9 Å². The first-order chi connectivity index (χ1) is 27.0. The average Bonchev–Trinajstić information content (AvgIpc) is 3.18. The molecule has 0 spiro atoms. The van der Waals surface area contributed by atoms with Crippen LogP contribution in [0.1, 0.15) is 188 Å². The maximum absolute atomic E-state index is 12.7. The minimum Gasteiger partial charge on any atom is -0.462 e. The van der Waals surface area contributed by atoms with E-state index < -0.39 is 6.10 Å². The number of carbonyl (C=O) groups is 3. The Balaban J connectivity index is 4.47. The van der Waals surface area contributed by atoms with E-state index in [2.05, 4.69) is 106 Å². The van der Waals surface area contributed by atoms with Crippen molar-refractivity contribution in [2.45, 2.75) is 194 Å². The van der Waals surface area contributed by atoms with Gasteiger partial charge in [0.05, 0.1) is 0 Å². The third-order valence-corrected chi connectivity index (χ3v) is 8.82. The van der Waals surface area contributed by atoms with Crippen LogP contribution in [-0.4, -0.2) is 37.2 Å². The molecule has 0 aliphatic carbocycles. The number of rotatable bonds is 38. The van der Waals surface area contributed by atoms with Crippen molar-refractivity contribution in [3.8, 4) is 0 Å². The number of hydrogen-bond donors (Lipinski definition) is 0. The smallest absolute Gasteiger partial charge is 0.306 e. The van der Waals surface area contributed by atoms with Crippen molar-refractivity contribution < 1.29 is 28.6 Å². The first kappa shape index (κ1) is 51.6. The van der Waals surface area contributed by atoms with Gasteiger partial charge in [-0.25, -0.2) is 0 Å². The molecule has 55 heavy (non-hydrogen) atoms. The van der Waals surface area contributed by atoms with Crippen molar-refractivity contribution in [2.75, 3.05) is 13.2 Å². The molecule has 0 aliphatic heterocycles. The van der Waals surface area contributed by atoms with Gasteiger partial charge in [0, 0.05) is 19.3 Å². The highest BCUT2D eigenvalue weighted by molar-refractivity contribution is 5.71. The Labute approximate surface area is 337 Å². The van der Waals surface area contributed by atoms with E-state index in [4.69, 9.17) is 14.2 Å². The third kappa shape index (κ3) is 41.6. The number of unbranched alkanes of at least 4 members (excludes halogenated alkanes) is 13. The number of allylic oxidation sites excluding steroid dienone is 14. The van der Waals surface area contributed by atoms with Crippen molar-refractivity contribution in [2.24, 2.45) is 0 Å². The van der Waals surface area contributed by atoms with Gasteiger partial charge in [0.15, 0.2) is 6.10 Å². The molecule has 0 aromatic rings. The Hall–Kier alpha value is -3.41. The van der Waals surface area contributed by atoms with Crippen molar-refractivity contribution in [3.05, 3.63) is 85.1 Å². The van der Waals surface area contributed by atoms with E-state index in [-0.39, 0.29) is 37.5 Å². The molecule has 0 aliphatic rings. The van der Waals surface area contributed by atoms with Crippen LogP contribution < -0.4 is 0 Å². The van der Waals surface area contributed by atoms with Gasteiger partial charge in [0.25, 0.3) is 0 Å². The Morgan fingerprint density at radius 1 is 0.382 bits per heavy atom. The molecule has 1 atom stereocenters. The molecular weight excluding hydrogens is 685 g/mol. The molecule has 0 heterocycles. The molecule has 0 bridgehead atoms. The zero-order chi connectivity index (χ0) is 40.1. The lowest BCUT2D eigenvalue weighted by Crippen LogP contribution is -2.30. The minimum absolute atomic E-state index is 0.104. The highest BCUT2D eigenvalue weighted by atomic mass is 16.6. The van der Waals surface area contributed by atoms with Crippen LogP contribution in [0.15, 0.2) is 85.1 Å². The summed E-state index contributed by atoms with van der Waals surface area (Å²) in [7, 11) is 0. The molecule has 0 amide bonds. The van der Waals surface area contributed by atoms with Gasteiger partial charge in [-0.05, 0) is 96.3 Å². The molecule has 0 aromatic carbocycles. The summed E-state index contributed by atoms with van der Waals surface area (Å²) in [6, 6.07) is 0. The molecule has 1 unspecified atom stereocenters. The third-order valence-electron chi connectivity index (χ3n) is 8.82. The maximum Gasteiger partial charge on any atom is 0.306 e. The lowest BCUT2D eigenvalue weighted by Gasteiger charge is -2.18. The van der Waals surface area contributed by atoms with E-state index in [0.29, 0.717) is 19.3 Å². The Morgan fingerprint density at radius 2 is 0.727 bits per heavy atom. The van der Waals surface area contributed by atoms with E-state index in [1.54, 1.807) is 0 Å². The Bertz CT molecular complexity index is 1110. The van der Waals surface area contributed by atoms with Crippen LogP contribution in [-0.2, 0) is 28.6 Å². The lowest BCUT2D eigenvalue weighted by atomic mass is 10.1. The minimum atomic E-state index is -0.804. The van der Waals surface area contributed by atoms with Gasteiger partial charge in [-0.3, -0.25) is 14.4 Å². The summed E-state index contributed by atoms with van der Waals surface area (Å²) >= 11 is 0. The molecule has 0 aromatic heterocycles. The highest BCUT2D eigenvalue weighted by Crippen LogP contribution is 2.12. The standard InChI is InChI=1S/C49H80O6/c1-4-7-10-13-16-19-22-23-24-25-26-27-28-31-33-36-39-42-48(51)54-45-46(55-49(52)43-40-37-34-30-21-18-15-12-9-6-3)44-53-47(50)41-38-35-32-29-20-17-14-11-8-5-2/h7,10-12,14-16,19,23-24,26-27,31,33,46H,4-6,8-9,13,17-18,20-22,25,28-30,32,34-45H2,1-3H3/b10-7-,14-11-,15-12-,19-16-,24-23-,27-26-,33-31-. The SMILES string of the molecule is CC/C=C\C/C=C\C/C=C\C/C=C\C/C=C\CCCC(=O)OCC(COC(=O)CCCCCCC/C=C\CCC)OC(=O)CCCCCCC/C=C\CCC. The van der Waals surface area contributed by atoms with E-state index in [0.717, 1.165) is 116 Å². The monoisotopic (exact) mass is 765 g/mol. The number of carbonyl (C=O) groups excluding carboxylic acids is 3. The summed E-state index contributed by atoms with van der Waals surface area (Å²) in [6.07, 6.45) is 54.3. The molecular formula is C49H80O6. The molecule has 0 rings (SSSR count). The Morgan fingerprint density at radius 3 is 1.20 bits per heavy atom. The summed E-state index contributed by atoms with van der Waals surface area (Å²) < 4.78 is 16.6. The first-order valence-electron chi connectivity index (χ1n) is 22.1. The molecule has 0 N–H and O–H groups in total. The van der Waals surface area contributed by atoms with Crippen LogP contribution >= 0.6 is 0 Å². The van der Waals surface area contributed by atoms with Crippen LogP contribution in [0.5, 0.6) is 0 Å². The molecule has 0 saturated carbocycles. The Kier molecular flexibility index (Phi) is 40.6. The van der Waals surface area contributed by atoms with E-state index in [1.807, 2.05) is 0 Å². The van der Waals surface area contributed by atoms with Crippen molar-refractivity contribution in [1.82, 2.24) is 0 Å². The topological polar surface area (TPSA) is 78.9 Å². The van der Waals surface area contributed by atoms with E-state index >= 15 is 0 Å². The van der Waals surface area contributed by atoms with E-state index in [9.17, 15) is 14.4 Å². The summed E-state index contributed by atoms with van der Waals surface area (Å²) in [5.41, 5.74) is 0. The second kappa shape index (κ2) is 43.3. The average molecular weight is 765 g/mol. The summed E-state index contributed by atoms with van der Waals surface area (Å²) in [5, 5.41) is 0. The molecule has 0 fully saturated rings. The quantitative estimate of drug-likeness (QED) is 0.0270. The zero-order valence-electron chi connectivity index (χ0n) is 35.4. The fraction of sp³-hybridized carbons (Fsp3) is 0.653. The first-order valence-corrected chi connectivity index (χ1v) is 22.1. The fourth-order valence-corrected chi connectivity index (χ4v) is 5.54. The van der Waals surface area contributed by atoms with Gasteiger partial charge in [-0.2, -0.15) is 0 Å². The molecule has 0 radical (unpaired) electrons. The summed E-state index contributed by atoms with van der Waals surface area (Å²) in [6.45, 7) is 6.30. The predicted octanol–water partition coefficient (Wildman–Crippen LogP) is 14.1. The summed E-state index contributed by atoms with van der Waals surface area (Å²) in [5.74, 6) is -0.996. The van der Waals surface area contributed by atoms with Gasteiger partial charge in [0.2, 0.25) is 0 Å². The number of ether oxygens (including phenoxy) is 3. The predicted molar refractivity (Wildman–Crippen MR) is 233 cm³/mol. The summed E-state index contributed by atoms with van der Waals surface area (Å²) in [4.78, 5) is 37.6. The second-order valence-electron chi connectivity index (χ2n) is 14.2. The van der Waals surface area contributed by atoms with Crippen molar-refractivity contribution in [1.29, 1.82) is 0 Å². The van der Waals surface area contributed by atoms with Gasteiger partial charge >= 0.3 is 17.9 Å². The van der Waals surface area contributed by atoms with Crippen LogP contribution in [0, 0.1) is 0 Å². The molecule has 6 nitrogen and oxygen atoms in total.